The van der Waals surface area contributed by atoms with Crippen molar-refractivity contribution in [1.82, 2.24) is 0 Å². The summed E-state index contributed by atoms with van der Waals surface area (Å²) in [6.07, 6.45) is 3.77. The second-order valence-electron chi connectivity index (χ2n) is 3.50. The molecule has 2 rings (SSSR count). The summed E-state index contributed by atoms with van der Waals surface area (Å²) in [6, 6.07) is 3.50. The molecule has 0 aliphatic carbocycles. The van der Waals surface area contributed by atoms with Gasteiger partial charge >= 0.3 is 0 Å². The van der Waals surface area contributed by atoms with Crippen molar-refractivity contribution in [2.45, 2.75) is 4.90 Å². The highest BCUT2D eigenvalue weighted by Crippen LogP contribution is 2.37. The Balaban J connectivity index is 2.54. The number of hydrogen-bond acceptors (Lipinski definition) is 4. The maximum Gasteiger partial charge on any atom is 0.0569 e. The summed E-state index contributed by atoms with van der Waals surface area (Å²) in [5.74, 6) is 0. The van der Waals surface area contributed by atoms with Crippen LogP contribution >= 0.6 is 10.5 Å². The molecule has 1 aromatic carbocycles. The summed E-state index contributed by atoms with van der Waals surface area (Å²) in [7, 11) is -0.228. The van der Waals surface area contributed by atoms with E-state index < -0.39 is 0 Å². The second kappa shape index (κ2) is 3.94. The SMILES string of the molecule is NC1=CS(c2cc(N)c(N)cc2N)=CC=C1. The van der Waals surface area contributed by atoms with Gasteiger partial charge in [0.05, 0.1) is 11.4 Å². The first-order valence-corrected chi connectivity index (χ1v) is 6.08. The molecule has 5 heteroatoms. The van der Waals surface area contributed by atoms with Gasteiger partial charge in [0, 0.05) is 16.3 Å². The lowest BCUT2D eigenvalue weighted by Gasteiger charge is -2.13. The number of allylic oxidation sites excluding steroid dienone is 2. The van der Waals surface area contributed by atoms with E-state index in [0.717, 1.165) is 10.6 Å². The fourth-order valence-corrected chi connectivity index (χ4v) is 3.00. The number of nitrogen functional groups attached to an aromatic ring is 3. The highest BCUT2D eigenvalue weighted by atomic mass is 32.2. The van der Waals surface area contributed by atoms with Crippen LogP contribution in [0.5, 0.6) is 0 Å². The van der Waals surface area contributed by atoms with E-state index in [1.807, 2.05) is 29.0 Å². The zero-order valence-electron chi connectivity index (χ0n) is 8.68. The standard InChI is InChI=1S/C11H14N4S/c12-7-2-1-3-16(6-7)11-5-9(14)8(13)4-10(11)15/h1-6H,12-15H2. The minimum atomic E-state index is -0.228. The van der Waals surface area contributed by atoms with Gasteiger partial charge in [-0.2, -0.15) is 0 Å². The lowest BCUT2D eigenvalue weighted by Crippen LogP contribution is -2.00. The van der Waals surface area contributed by atoms with E-state index in [9.17, 15) is 0 Å². The molecule has 0 bridgehead atoms. The number of rotatable bonds is 1. The van der Waals surface area contributed by atoms with E-state index in [4.69, 9.17) is 22.9 Å². The van der Waals surface area contributed by atoms with Gasteiger partial charge in [-0.25, -0.2) is 0 Å². The average molecular weight is 234 g/mol. The Morgan fingerprint density at radius 2 is 1.56 bits per heavy atom. The van der Waals surface area contributed by atoms with Crippen LogP contribution in [-0.4, -0.2) is 5.37 Å². The predicted molar refractivity (Wildman–Crippen MR) is 73.0 cm³/mol. The van der Waals surface area contributed by atoms with E-state index in [0.29, 0.717) is 17.1 Å². The first kappa shape index (κ1) is 10.6. The molecule has 1 aliphatic heterocycles. The Morgan fingerprint density at radius 1 is 0.875 bits per heavy atom. The maximum absolute atomic E-state index is 5.92. The first-order valence-electron chi connectivity index (χ1n) is 4.73. The van der Waals surface area contributed by atoms with Gasteiger partial charge in [0.1, 0.15) is 0 Å². The summed E-state index contributed by atoms with van der Waals surface area (Å²) in [6.45, 7) is 0. The van der Waals surface area contributed by atoms with Crippen LogP contribution in [-0.2, 0) is 0 Å². The van der Waals surface area contributed by atoms with Crippen molar-refractivity contribution < 1.29 is 0 Å². The number of hydrogen-bond donors (Lipinski definition) is 4. The summed E-state index contributed by atoms with van der Waals surface area (Å²) >= 11 is 0. The Kier molecular flexibility index (Phi) is 2.62. The van der Waals surface area contributed by atoms with Crippen molar-refractivity contribution in [2.24, 2.45) is 5.73 Å². The summed E-state index contributed by atoms with van der Waals surface area (Å²) in [5.41, 5.74) is 25.6. The van der Waals surface area contributed by atoms with Gasteiger partial charge < -0.3 is 22.9 Å². The molecule has 0 fully saturated rings. The molecule has 4 nitrogen and oxygen atoms in total. The maximum atomic E-state index is 5.92. The topological polar surface area (TPSA) is 104 Å². The largest absolute Gasteiger partial charge is 0.398 e. The fourth-order valence-electron chi connectivity index (χ4n) is 1.43. The Morgan fingerprint density at radius 3 is 2.25 bits per heavy atom. The van der Waals surface area contributed by atoms with E-state index in [1.54, 1.807) is 6.07 Å². The highest BCUT2D eigenvalue weighted by Gasteiger charge is 2.07. The molecular formula is C11H14N4S. The number of nitrogens with two attached hydrogens (primary N) is 4. The van der Waals surface area contributed by atoms with Crippen LogP contribution in [0.4, 0.5) is 17.1 Å². The lowest BCUT2D eigenvalue weighted by molar-refractivity contribution is 1.43. The zero-order chi connectivity index (χ0) is 11.7. The third kappa shape index (κ3) is 1.90. The molecule has 0 saturated heterocycles. The Labute approximate surface area is 96.5 Å². The predicted octanol–water partition coefficient (Wildman–Crippen LogP) is 1.23. The van der Waals surface area contributed by atoms with Crippen molar-refractivity contribution in [3.8, 4) is 0 Å². The monoisotopic (exact) mass is 234 g/mol. The molecule has 1 aliphatic rings. The lowest BCUT2D eigenvalue weighted by atomic mass is 10.2. The van der Waals surface area contributed by atoms with E-state index in [-0.39, 0.29) is 10.5 Å². The van der Waals surface area contributed by atoms with Gasteiger partial charge in [0.2, 0.25) is 0 Å². The molecule has 1 unspecified atom stereocenters. The van der Waals surface area contributed by atoms with Crippen molar-refractivity contribution in [3.05, 3.63) is 35.4 Å². The Bertz CT molecular complexity index is 529. The Hall–Kier alpha value is -1.88. The van der Waals surface area contributed by atoms with Crippen molar-refractivity contribution in [3.63, 3.8) is 0 Å². The third-order valence-electron chi connectivity index (χ3n) is 2.25. The van der Waals surface area contributed by atoms with Crippen LogP contribution in [0.2, 0.25) is 0 Å². The van der Waals surface area contributed by atoms with Crippen LogP contribution in [0.1, 0.15) is 0 Å². The fraction of sp³-hybridized carbons (Fsp3) is 0. The zero-order valence-corrected chi connectivity index (χ0v) is 9.50. The molecule has 0 saturated carbocycles. The van der Waals surface area contributed by atoms with Crippen LogP contribution in [0, 0.1) is 0 Å². The summed E-state index contributed by atoms with van der Waals surface area (Å²) in [5, 5.41) is 4.00. The molecule has 1 aromatic rings. The van der Waals surface area contributed by atoms with Crippen LogP contribution in [0.3, 0.4) is 0 Å². The highest BCUT2D eigenvalue weighted by molar-refractivity contribution is 8.18. The molecule has 0 spiro atoms. The van der Waals surface area contributed by atoms with Gasteiger partial charge in [-0.15, -0.1) is 10.5 Å². The quantitative estimate of drug-likeness (QED) is 0.433. The van der Waals surface area contributed by atoms with Crippen LogP contribution < -0.4 is 22.9 Å². The first-order chi connectivity index (χ1) is 7.58. The van der Waals surface area contributed by atoms with Gasteiger partial charge in [-0.3, -0.25) is 0 Å². The van der Waals surface area contributed by atoms with Crippen LogP contribution in [0.15, 0.2) is 40.3 Å². The smallest absolute Gasteiger partial charge is 0.0569 e. The van der Waals surface area contributed by atoms with Gasteiger partial charge in [-0.05, 0) is 29.0 Å². The van der Waals surface area contributed by atoms with E-state index in [1.165, 1.54) is 0 Å². The normalized spacial score (nSPS) is 19.0. The number of anilines is 3. The molecule has 84 valence electrons. The molecule has 0 aromatic heterocycles. The minimum absolute atomic E-state index is 0.228. The molecule has 1 heterocycles. The summed E-state index contributed by atoms with van der Waals surface area (Å²) < 4.78 is 0. The van der Waals surface area contributed by atoms with E-state index >= 15 is 0 Å². The van der Waals surface area contributed by atoms with Crippen molar-refractivity contribution in [1.29, 1.82) is 0 Å². The molecule has 0 amide bonds. The van der Waals surface area contributed by atoms with Gasteiger partial charge in [-0.1, -0.05) is 6.08 Å². The van der Waals surface area contributed by atoms with E-state index in [2.05, 4.69) is 0 Å². The molecular weight excluding hydrogens is 220 g/mol. The molecule has 16 heavy (non-hydrogen) atoms. The van der Waals surface area contributed by atoms with Gasteiger partial charge in [0.15, 0.2) is 0 Å². The number of benzene rings is 1. The molecule has 1 atom stereocenters. The second-order valence-corrected chi connectivity index (χ2v) is 5.20. The third-order valence-corrected chi connectivity index (χ3v) is 4.08. The minimum Gasteiger partial charge on any atom is -0.398 e. The summed E-state index contributed by atoms with van der Waals surface area (Å²) in [4.78, 5) is 0.957. The van der Waals surface area contributed by atoms with Gasteiger partial charge in [0.25, 0.3) is 0 Å². The van der Waals surface area contributed by atoms with Crippen molar-refractivity contribution >= 4 is 32.9 Å². The molecule has 8 N–H and O–H groups in total. The average Bonchev–Trinajstić information content (AvgIpc) is 2.23. The van der Waals surface area contributed by atoms with Crippen LogP contribution in [0.25, 0.3) is 0 Å². The molecule has 0 radical (unpaired) electrons. The van der Waals surface area contributed by atoms with Crippen molar-refractivity contribution in [2.75, 3.05) is 17.2 Å².